The van der Waals surface area contributed by atoms with Crippen molar-refractivity contribution in [2.75, 3.05) is 20.1 Å². The number of nitrogens with zero attached hydrogens (tertiary/aromatic N) is 3. The third-order valence-corrected chi connectivity index (χ3v) is 4.89. The van der Waals surface area contributed by atoms with Gasteiger partial charge in [0.2, 0.25) is 0 Å². The Hall–Kier alpha value is -2.33. The van der Waals surface area contributed by atoms with Crippen molar-refractivity contribution in [2.24, 2.45) is 0 Å². The molecule has 0 bridgehead atoms. The maximum absolute atomic E-state index is 10.2. The van der Waals surface area contributed by atoms with Crippen LogP contribution in [0.4, 0.5) is 0 Å². The molecule has 3 aromatic rings. The molecule has 0 saturated carbocycles. The quantitative estimate of drug-likeness (QED) is 0.787. The highest BCUT2D eigenvalue weighted by molar-refractivity contribution is 5.82. The molecule has 0 aliphatic carbocycles. The molecule has 1 aliphatic rings. The van der Waals surface area contributed by atoms with Gasteiger partial charge in [-0.05, 0) is 68.7 Å². The third kappa shape index (κ3) is 2.49. The first-order valence-corrected chi connectivity index (χ1v) is 8.17. The van der Waals surface area contributed by atoms with Crippen molar-refractivity contribution in [1.29, 1.82) is 0 Å². The normalized spacial score (nSPS) is 16.9. The van der Waals surface area contributed by atoms with Crippen LogP contribution in [0.3, 0.4) is 0 Å². The SMILES string of the molecule is CN1CCC(c2cn(-c3ccccc3O)c3cccnc23)CC1. The summed E-state index contributed by atoms with van der Waals surface area (Å²) in [5, 5.41) is 10.2. The summed E-state index contributed by atoms with van der Waals surface area (Å²) in [6.45, 7) is 2.25. The van der Waals surface area contributed by atoms with E-state index >= 15 is 0 Å². The molecular weight excluding hydrogens is 286 g/mol. The Labute approximate surface area is 136 Å². The van der Waals surface area contributed by atoms with Crippen LogP contribution in [0.25, 0.3) is 16.7 Å². The molecule has 4 nitrogen and oxygen atoms in total. The van der Waals surface area contributed by atoms with Crippen molar-refractivity contribution in [1.82, 2.24) is 14.5 Å². The highest BCUT2D eigenvalue weighted by Gasteiger charge is 2.23. The number of aromatic hydroxyl groups is 1. The van der Waals surface area contributed by atoms with Gasteiger partial charge in [0.15, 0.2) is 0 Å². The van der Waals surface area contributed by atoms with E-state index in [1.165, 1.54) is 5.56 Å². The minimum Gasteiger partial charge on any atom is -0.506 e. The first-order chi connectivity index (χ1) is 11.2. The Morgan fingerprint density at radius 3 is 2.65 bits per heavy atom. The third-order valence-electron chi connectivity index (χ3n) is 4.89. The number of piperidine rings is 1. The molecule has 4 heteroatoms. The molecular formula is C19H21N3O. The summed E-state index contributed by atoms with van der Waals surface area (Å²) in [6.07, 6.45) is 6.35. The number of benzene rings is 1. The largest absolute Gasteiger partial charge is 0.506 e. The minimum absolute atomic E-state index is 0.295. The van der Waals surface area contributed by atoms with Gasteiger partial charge in [0, 0.05) is 12.4 Å². The number of fused-ring (bicyclic) bond motifs is 1. The molecule has 0 atom stereocenters. The molecule has 23 heavy (non-hydrogen) atoms. The van der Waals surface area contributed by atoms with Crippen molar-refractivity contribution < 1.29 is 5.11 Å². The summed E-state index contributed by atoms with van der Waals surface area (Å²) in [5.74, 6) is 0.832. The number of hydrogen-bond acceptors (Lipinski definition) is 3. The molecule has 3 heterocycles. The predicted molar refractivity (Wildman–Crippen MR) is 92.2 cm³/mol. The van der Waals surface area contributed by atoms with E-state index in [1.807, 2.05) is 30.5 Å². The van der Waals surface area contributed by atoms with Gasteiger partial charge in [-0.25, -0.2) is 0 Å². The molecule has 0 unspecified atom stereocenters. The van der Waals surface area contributed by atoms with Gasteiger partial charge >= 0.3 is 0 Å². The average Bonchev–Trinajstić information content (AvgIpc) is 2.96. The molecule has 4 rings (SSSR count). The van der Waals surface area contributed by atoms with Crippen LogP contribution in [0.15, 0.2) is 48.8 Å². The summed E-state index contributed by atoms with van der Waals surface area (Å²) in [6, 6.07) is 11.5. The topological polar surface area (TPSA) is 41.3 Å². The zero-order valence-corrected chi connectivity index (χ0v) is 13.3. The summed E-state index contributed by atoms with van der Waals surface area (Å²) in [4.78, 5) is 7.02. The van der Waals surface area contributed by atoms with Gasteiger partial charge in [-0.2, -0.15) is 0 Å². The first kappa shape index (κ1) is 14.3. The van der Waals surface area contributed by atoms with Gasteiger partial charge in [-0.1, -0.05) is 12.1 Å². The number of phenolic OH excluding ortho intramolecular Hbond substituents is 1. The maximum Gasteiger partial charge on any atom is 0.139 e. The van der Waals surface area contributed by atoms with Gasteiger partial charge in [0.25, 0.3) is 0 Å². The lowest BCUT2D eigenvalue weighted by Crippen LogP contribution is -2.29. The van der Waals surface area contributed by atoms with Crippen LogP contribution in [0.1, 0.15) is 24.3 Å². The maximum atomic E-state index is 10.2. The molecule has 0 amide bonds. The van der Waals surface area contributed by atoms with E-state index in [1.54, 1.807) is 6.07 Å². The number of pyridine rings is 1. The van der Waals surface area contributed by atoms with Gasteiger partial charge in [0.1, 0.15) is 5.75 Å². The molecule has 1 N–H and O–H groups in total. The van der Waals surface area contributed by atoms with Crippen LogP contribution in [-0.2, 0) is 0 Å². The molecule has 2 aromatic heterocycles. The van der Waals surface area contributed by atoms with Crippen molar-refractivity contribution in [3.8, 4) is 11.4 Å². The summed E-state index contributed by atoms with van der Waals surface area (Å²) in [5.41, 5.74) is 4.23. The van der Waals surface area contributed by atoms with E-state index in [2.05, 4.69) is 33.8 Å². The fraction of sp³-hybridized carbons (Fsp3) is 0.316. The van der Waals surface area contributed by atoms with E-state index in [-0.39, 0.29) is 0 Å². The molecule has 0 radical (unpaired) electrons. The lowest BCUT2D eigenvalue weighted by molar-refractivity contribution is 0.256. The average molecular weight is 307 g/mol. The second-order valence-corrected chi connectivity index (χ2v) is 6.39. The fourth-order valence-electron chi connectivity index (χ4n) is 3.57. The van der Waals surface area contributed by atoms with Gasteiger partial charge in [-0.15, -0.1) is 0 Å². The fourth-order valence-corrected chi connectivity index (χ4v) is 3.57. The second-order valence-electron chi connectivity index (χ2n) is 6.39. The highest BCUT2D eigenvalue weighted by Crippen LogP contribution is 2.35. The number of phenols is 1. The summed E-state index contributed by atoms with van der Waals surface area (Å²) < 4.78 is 2.07. The van der Waals surface area contributed by atoms with Gasteiger partial charge < -0.3 is 14.6 Å². The molecule has 1 aliphatic heterocycles. The van der Waals surface area contributed by atoms with Gasteiger partial charge in [0.05, 0.1) is 16.7 Å². The number of aromatic nitrogens is 2. The number of rotatable bonds is 2. The molecule has 118 valence electrons. The Kier molecular flexibility index (Phi) is 3.54. The van der Waals surface area contributed by atoms with Crippen molar-refractivity contribution in [2.45, 2.75) is 18.8 Å². The predicted octanol–water partition coefficient (Wildman–Crippen LogP) is 3.54. The van der Waals surface area contributed by atoms with Crippen LogP contribution >= 0.6 is 0 Å². The van der Waals surface area contributed by atoms with Crippen LogP contribution in [0, 0.1) is 0 Å². The van der Waals surface area contributed by atoms with Crippen LogP contribution in [-0.4, -0.2) is 39.7 Å². The van der Waals surface area contributed by atoms with Gasteiger partial charge in [-0.3, -0.25) is 4.98 Å². The number of para-hydroxylation sites is 2. The van der Waals surface area contributed by atoms with Crippen LogP contribution in [0.5, 0.6) is 5.75 Å². The lowest BCUT2D eigenvalue weighted by Gasteiger charge is -2.28. The van der Waals surface area contributed by atoms with E-state index in [4.69, 9.17) is 0 Å². The van der Waals surface area contributed by atoms with Crippen LogP contribution in [0.2, 0.25) is 0 Å². The van der Waals surface area contributed by atoms with E-state index in [0.717, 1.165) is 42.7 Å². The molecule has 1 saturated heterocycles. The number of likely N-dealkylation sites (tertiary alicyclic amines) is 1. The zero-order valence-electron chi connectivity index (χ0n) is 13.3. The Bertz CT molecular complexity index is 832. The molecule has 1 fully saturated rings. The Balaban J connectivity index is 1.85. The molecule has 0 spiro atoms. The smallest absolute Gasteiger partial charge is 0.139 e. The Morgan fingerprint density at radius 1 is 1.09 bits per heavy atom. The Morgan fingerprint density at radius 2 is 1.87 bits per heavy atom. The molecule has 1 aromatic carbocycles. The van der Waals surface area contributed by atoms with Crippen LogP contribution < -0.4 is 0 Å². The van der Waals surface area contributed by atoms with E-state index in [9.17, 15) is 5.11 Å². The minimum atomic E-state index is 0.295. The van der Waals surface area contributed by atoms with E-state index < -0.39 is 0 Å². The van der Waals surface area contributed by atoms with E-state index in [0.29, 0.717) is 11.7 Å². The number of hydrogen-bond donors (Lipinski definition) is 1. The van der Waals surface area contributed by atoms with Crippen molar-refractivity contribution >= 4 is 11.0 Å². The standard InChI is InChI=1S/C19H21N3O/c1-21-11-8-14(9-12-21)15-13-22(16-5-2-3-7-18(16)23)17-6-4-10-20-19(15)17/h2-7,10,13-14,23H,8-9,11-12H2,1H3. The summed E-state index contributed by atoms with van der Waals surface area (Å²) in [7, 11) is 2.18. The summed E-state index contributed by atoms with van der Waals surface area (Å²) >= 11 is 0. The monoisotopic (exact) mass is 307 g/mol. The lowest BCUT2D eigenvalue weighted by atomic mass is 9.91. The second kappa shape index (κ2) is 5.70. The van der Waals surface area contributed by atoms with Crippen molar-refractivity contribution in [3.05, 3.63) is 54.4 Å². The zero-order chi connectivity index (χ0) is 15.8. The first-order valence-electron chi connectivity index (χ1n) is 8.17. The highest BCUT2D eigenvalue weighted by atomic mass is 16.3. The van der Waals surface area contributed by atoms with Crippen molar-refractivity contribution in [3.63, 3.8) is 0 Å².